The molecule has 0 fully saturated rings. The van der Waals surface area contributed by atoms with Gasteiger partial charge in [0.25, 0.3) is 5.91 Å². The number of carbonyl (C=O) groups excluding carboxylic acids is 2. The zero-order valence-electron chi connectivity index (χ0n) is 19.4. The number of hydrogen-bond donors (Lipinski definition) is 1. The maximum absolute atomic E-state index is 13.8. The fourth-order valence-corrected chi connectivity index (χ4v) is 4.23. The summed E-state index contributed by atoms with van der Waals surface area (Å²) in [6, 6.07) is 24.3. The molecule has 1 N–H and O–H groups in total. The molecule has 0 aliphatic carbocycles. The minimum atomic E-state index is -0.603. The van der Waals surface area contributed by atoms with Crippen molar-refractivity contribution in [2.75, 3.05) is 11.4 Å². The number of aliphatic imine (C=N–C) groups is 1. The largest absolute Gasteiger partial charge is 0.350 e. The van der Waals surface area contributed by atoms with Gasteiger partial charge in [-0.1, -0.05) is 92.5 Å². The predicted molar refractivity (Wildman–Crippen MR) is 137 cm³/mol. The maximum Gasteiger partial charge on any atom is 0.252 e. The number of anilines is 1. The minimum Gasteiger partial charge on any atom is -0.350 e. The van der Waals surface area contributed by atoms with Crippen molar-refractivity contribution in [3.63, 3.8) is 0 Å². The van der Waals surface area contributed by atoms with Gasteiger partial charge in [0.2, 0.25) is 5.91 Å². The molecule has 0 bridgehead atoms. The van der Waals surface area contributed by atoms with Crippen LogP contribution in [0.2, 0.25) is 5.02 Å². The number of halogens is 1. The molecule has 0 saturated heterocycles. The fraction of sp³-hybridized carbons (Fsp3) is 0.250. The minimum absolute atomic E-state index is 0.00544. The Morgan fingerprint density at radius 2 is 1.74 bits per heavy atom. The summed E-state index contributed by atoms with van der Waals surface area (Å²) in [5.74, 6) is -0.409. The molecule has 0 aromatic heterocycles. The van der Waals surface area contributed by atoms with Crippen LogP contribution in [-0.4, -0.2) is 30.1 Å². The van der Waals surface area contributed by atoms with Crippen LogP contribution < -0.4 is 10.2 Å². The lowest BCUT2D eigenvalue weighted by atomic mass is 9.98. The fourth-order valence-electron chi connectivity index (χ4n) is 4.05. The van der Waals surface area contributed by atoms with E-state index in [1.807, 2.05) is 80.6 Å². The van der Waals surface area contributed by atoms with Crippen molar-refractivity contribution in [1.29, 1.82) is 0 Å². The molecule has 2 amide bonds. The molecule has 1 aliphatic heterocycles. The van der Waals surface area contributed by atoms with Crippen molar-refractivity contribution < 1.29 is 9.59 Å². The van der Waals surface area contributed by atoms with Crippen molar-refractivity contribution >= 4 is 34.8 Å². The van der Waals surface area contributed by atoms with Crippen LogP contribution in [0, 0.1) is 5.92 Å². The number of fused-ring (bicyclic) bond motifs is 1. The first-order valence-corrected chi connectivity index (χ1v) is 11.9. The third-order valence-corrected chi connectivity index (χ3v) is 6.39. The number of benzene rings is 3. The van der Waals surface area contributed by atoms with Gasteiger partial charge in [-0.3, -0.25) is 14.6 Å². The van der Waals surface area contributed by atoms with E-state index >= 15 is 0 Å². The van der Waals surface area contributed by atoms with E-state index in [1.54, 1.807) is 17.0 Å². The molecule has 3 aromatic carbocycles. The average Bonchev–Trinajstić information content (AvgIpc) is 2.98. The van der Waals surface area contributed by atoms with E-state index in [0.29, 0.717) is 23.0 Å². The molecule has 1 heterocycles. The van der Waals surface area contributed by atoms with Crippen molar-refractivity contribution in [3.8, 4) is 0 Å². The number of amides is 2. The molecule has 4 rings (SSSR count). The summed E-state index contributed by atoms with van der Waals surface area (Å²) < 4.78 is 0. The predicted octanol–water partition coefficient (Wildman–Crippen LogP) is 5.26. The lowest BCUT2D eigenvalue weighted by molar-refractivity contribution is -0.125. The summed E-state index contributed by atoms with van der Waals surface area (Å²) in [5, 5.41) is 3.48. The Bertz CT molecular complexity index is 1190. The van der Waals surface area contributed by atoms with Crippen LogP contribution in [0.3, 0.4) is 0 Å². The van der Waals surface area contributed by atoms with E-state index in [-0.39, 0.29) is 24.3 Å². The smallest absolute Gasteiger partial charge is 0.252 e. The number of benzodiazepines with no additional fused rings is 1. The standard InChI is InChI=1S/C28H28ClN3O2/c1-3-19(2)26-28(34)32(18-25(33)30-17-20-10-6-4-7-11-20)24-15-14-22(29)16-23(24)27(31-26)21-12-8-5-9-13-21/h4-16,19,26H,3,17-18H2,1-2H3,(H,30,33)/t19-,26-/m0/s1. The van der Waals surface area contributed by atoms with Gasteiger partial charge in [0, 0.05) is 22.7 Å². The summed E-state index contributed by atoms with van der Waals surface area (Å²) in [4.78, 5) is 33.3. The van der Waals surface area contributed by atoms with Gasteiger partial charge in [-0.25, -0.2) is 0 Å². The number of carbonyl (C=O) groups is 2. The van der Waals surface area contributed by atoms with E-state index < -0.39 is 6.04 Å². The highest BCUT2D eigenvalue weighted by Crippen LogP contribution is 2.32. The molecule has 0 saturated carbocycles. The van der Waals surface area contributed by atoms with Crippen LogP contribution in [0.4, 0.5) is 5.69 Å². The normalized spacial score (nSPS) is 16.3. The van der Waals surface area contributed by atoms with Gasteiger partial charge in [-0.15, -0.1) is 0 Å². The number of hydrogen-bond acceptors (Lipinski definition) is 3. The quantitative estimate of drug-likeness (QED) is 0.509. The van der Waals surface area contributed by atoms with Crippen LogP contribution >= 0.6 is 11.6 Å². The van der Waals surface area contributed by atoms with Crippen molar-refractivity contribution in [1.82, 2.24) is 5.32 Å². The Balaban J connectivity index is 1.72. The zero-order chi connectivity index (χ0) is 24.1. The summed E-state index contributed by atoms with van der Waals surface area (Å²) in [6.07, 6.45) is 0.785. The molecule has 6 heteroatoms. The second kappa shape index (κ2) is 10.7. The van der Waals surface area contributed by atoms with E-state index in [4.69, 9.17) is 16.6 Å². The van der Waals surface area contributed by atoms with Gasteiger partial charge >= 0.3 is 0 Å². The van der Waals surface area contributed by atoms with Crippen LogP contribution in [0.5, 0.6) is 0 Å². The first-order chi connectivity index (χ1) is 16.5. The van der Waals surface area contributed by atoms with Crippen LogP contribution in [0.1, 0.15) is 37.0 Å². The summed E-state index contributed by atoms with van der Waals surface area (Å²) in [5.41, 5.74) is 4.00. The van der Waals surface area contributed by atoms with E-state index in [1.165, 1.54) is 0 Å². The van der Waals surface area contributed by atoms with E-state index in [0.717, 1.165) is 23.1 Å². The zero-order valence-corrected chi connectivity index (χ0v) is 20.1. The molecule has 5 nitrogen and oxygen atoms in total. The Hall–Kier alpha value is -3.44. The van der Waals surface area contributed by atoms with Gasteiger partial charge in [0.05, 0.1) is 11.4 Å². The van der Waals surface area contributed by atoms with Gasteiger partial charge in [0.15, 0.2) is 0 Å². The van der Waals surface area contributed by atoms with Crippen molar-refractivity contribution in [2.24, 2.45) is 10.9 Å². The maximum atomic E-state index is 13.8. The highest BCUT2D eigenvalue weighted by atomic mass is 35.5. The van der Waals surface area contributed by atoms with Crippen molar-refractivity contribution in [3.05, 3.63) is 101 Å². The molecule has 34 heavy (non-hydrogen) atoms. The first kappa shape index (κ1) is 23.7. The van der Waals surface area contributed by atoms with E-state index in [9.17, 15) is 9.59 Å². The summed E-state index contributed by atoms with van der Waals surface area (Å²) in [7, 11) is 0. The Morgan fingerprint density at radius 1 is 1.06 bits per heavy atom. The first-order valence-electron chi connectivity index (χ1n) is 11.5. The molecule has 174 valence electrons. The highest BCUT2D eigenvalue weighted by molar-refractivity contribution is 6.32. The van der Waals surface area contributed by atoms with Crippen LogP contribution in [-0.2, 0) is 16.1 Å². The van der Waals surface area contributed by atoms with Gasteiger partial charge < -0.3 is 10.2 Å². The molecular formula is C28H28ClN3O2. The Morgan fingerprint density at radius 3 is 2.41 bits per heavy atom. The second-order valence-electron chi connectivity index (χ2n) is 8.52. The number of rotatable bonds is 7. The van der Waals surface area contributed by atoms with Crippen LogP contribution in [0.15, 0.2) is 83.9 Å². The molecule has 0 radical (unpaired) electrons. The molecule has 2 atom stereocenters. The van der Waals surface area contributed by atoms with E-state index in [2.05, 4.69) is 5.32 Å². The van der Waals surface area contributed by atoms with Crippen LogP contribution in [0.25, 0.3) is 0 Å². The van der Waals surface area contributed by atoms with Crippen molar-refractivity contribution in [2.45, 2.75) is 32.9 Å². The van der Waals surface area contributed by atoms with Gasteiger partial charge in [-0.2, -0.15) is 0 Å². The lowest BCUT2D eigenvalue weighted by Gasteiger charge is -2.26. The highest BCUT2D eigenvalue weighted by Gasteiger charge is 2.35. The third kappa shape index (κ3) is 5.20. The average molecular weight is 474 g/mol. The molecule has 1 aliphatic rings. The second-order valence-corrected chi connectivity index (χ2v) is 8.96. The number of nitrogens with one attached hydrogen (secondary N) is 1. The topological polar surface area (TPSA) is 61.8 Å². The summed E-state index contributed by atoms with van der Waals surface area (Å²) in [6.45, 7) is 4.37. The monoisotopic (exact) mass is 473 g/mol. The molecular weight excluding hydrogens is 446 g/mol. The lowest BCUT2D eigenvalue weighted by Crippen LogP contribution is -2.46. The van der Waals surface area contributed by atoms with Gasteiger partial charge in [0.1, 0.15) is 12.6 Å². The Kier molecular flexibility index (Phi) is 7.43. The molecule has 0 unspecified atom stereocenters. The Labute approximate surface area is 205 Å². The molecule has 0 spiro atoms. The summed E-state index contributed by atoms with van der Waals surface area (Å²) >= 11 is 6.38. The number of nitrogens with zero attached hydrogens (tertiary/aromatic N) is 2. The third-order valence-electron chi connectivity index (χ3n) is 6.16. The van der Waals surface area contributed by atoms with Gasteiger partial charge in [-0.05, 0) is 29.7 Å². The SMILES string of the molecule is CC[C@H](C)[C@@H]1N=C(c2ccccc2)c2cc(Cl)ccc2N(CC(=O)NCc2ccccc2)C1=O. The molecule has 3 aromatic rings.